The predicted molar refractivity (Wildman–Crippen MR) is 122 cm³/mol. The van der Waals surface area contributed by atoms with E-state index in [1.165, 1.54) is 33.3 Å². The molecule has 2 aromatic carbocycles. The highest BCUT2D eigenvalue weighted by atomic mass is 14.9. The molecule has 0 aliphatic heterocycles. The summed E-state index contributed by atoms with van der Waals surface area (Å²) in [6, 6.07) is 14.3. The molecule has 1 nitrogen and oxygen atoms in total. The summed E-state index contributed by atoms with van der Waals surface area (Å²) in [6.45, 7) is 15.7. The second-order valence-electron chi connectivity index (χ2n) is 8.94. The Hall–Kier alpha value is -2.15. The maximum atomic E-state index is 8.85. The van der Waals surface area contributed by atoms with Crippen LogP contribution in [0, 0.1) is 25.7 Å². The fourth-order valence-electron chi connectivity index (χ4n) is 4.72. The SMILES string of the molecule is [2H]c1c(C)[n+](C)c(-c2cc(CC)ccc2C)c2ccc(C(C(C)C)C(C)C)cc12. The molecule has 0 radical (unpaired) electrons. The number of benzene rings is 2. The molecule has 0 N–H and O–H groups in total. The summed E-state index contributed by atoms with van der Waals surface area (Å²) < 4.78 is 11.1. The molecule has 0 aliphatic carbocycles. The van der Waals surface area contributed by atoms with Crippen LogP contribution in [-0.2, 0) is 13.5 Å². The van der Waals surface area contributed by atoms with Gasteiger partial charge in [-0.1, -0.05) is 58.9 Å². The van der Waals surface area contributed by atoms with Crippen molar-refractivity contribution < 1.29 is 5.94 Å². The molecule has 0 spiro atoms. The average molecular weight is 376 g/mol. The van der Waals surface area contributed by atoms with E-state index in [1.807, 2.05) is 0 Å². The van der Waals surface area contributed by atoms with E-state index in [0.717, 1.165) is 17.5 Å². The minimum Gasteiger partial charge on any atom is -0.198 e. The molecule has 1 heterocycles. The van der Waals surface area contributed by atoms with Crippen molar-refractivity contribution in [3.8, 4) is 11.3 Å². The lowest BCUT2D eigenvalue weighted by Gasteiger charge is -2.25. The first-order valence-electron chi connectivity index (χ1n) is 11.2. The predicted octanol–water partition coefficient (Wildman–Crippen LogP) is 6.91. The van der Waals surface area contributed by atoms with Gasteiger partial charge in [0.25, 0.3) is 0 Å². The van der Waals surface area contributed by atoms with Crippen LogP contribution in [0.15, 0.2) is 42.4 Å². The van der Waals surface area contributed by atoms with Gasteiger partial charge in [-0.15, -0.1) is 0 Å². The highest BCUT2D eigenvalue weighted by molar-refractivity contribution is 5.94. The Morgan fingerprint density at radius 3 is 2.25 bits per heavy atom. The lowest BCUT2D eigenvalue weighted by Crippen LogP contribution is -2.35. The zero-order valence-electron chi connectivity index (χ0n) is 19.9. The third-order valence-electron chi connectivity index (χ3n) is 6.24. The van der Waals surface area contributed by atoms with Gasteiger partial charge >= 0.3 is 0 Å². The summed E-state index contributed by atoms with van der Waals surface area (Å²) in [5, 5.41) is 2.25. The van der Waals surface area contributed by atoms with Gasteiger partial charge in [0.2, 0.25) is 5.69 Å². The van der Waals surface area contributed by atoms with E-state index in [4.69, 9.17) is 1.37 Å². The average Bonchev–Trinajstić information content (AvgIpc) is 2.67. The second kappa shape index (κ2) is 8.07. The summed E-state index contributed by atoms with van der Waals surface area (Å²) in [6.07, 6.45) is 1.03. The van der Waals surface area contributed by atoms with Crippen molar-refractivity contribution in [2.24, 2.45) is 18.9 Å². The van der Waals surface area contributed by atoms with Crippen molar-refractivity contribution in [1.29, 1.82) is 0 Å². The van der Waals surface area contributed by atoms with Gasteiger partial charge in [0.05, 0.1) is 6.76 Å². The minimum atomic E-state index is 0.502. The summed E-state index contributed by atoms with van der Waals surface area (Å²) in [7, 11) is 2.10. The van der Waals surface area contributed by atoms with Crippen molar-refractivity contribution in [2.75, 3.05) is 0 Å². The third-order valence-corrected chi connectivity index (χ3v) is 6.24. The van der Waals surface area contributed by atoms with Crippen LogP contribution in [0.2, 0.25) is 0 Å². The first kappa shape index (κ1) is 19.2. The van der Waals surface area contributed by atoms with Gasteiger partial charge in [0.15, 0.2) is 5.69 Å². The Morgan fingerprint density at radius 1 is 0.964 bits per heavy atom. The fraction of sp³-hybridized carbons (Fsp3) is 0.444. The standard InChI is InChI=1S/C27H36N/c1-9-21-11-10-19(6)25(15-21)27-24-13-12-22(26(17(2)3)18(4)5)16-23(24)14-20(7)28(27)8/h10-18,26H,9H2,1-8H3/q+1/i14D. The number of aryl methyl sites for hydroxylation is 2. The number of hydrogen-bond acceptors (Lipinski definition) is 0. The molecule has 0 fully saturated rings. The van der Waals surface area contributed by atoms with Crippen LogP contribution in [0.4, 0.5) is 0 Å². The number of rotatable bonds is 5. The molecule has 0 saturated heterocycles. The minimum absolute atomic E-state index is 0.502. The van der Waals surface area contributed by atoms with Gasteiger partial charge in [-0.25, -0.2) is 0 Å². The Labute approximate surface area is 172 Å². The molecule has 0 atom stereocenters. The molecule has 0 amide bonds. The monoisotopic (exact) mass is 375 g/mol. The zero-order valence-corrected chi connectivity index (χ0v) is 18.9. The van der Waals surface area contributed by atoms with Crippen molar-refractivity contribution >= 4 is 10.8 Å². The van der Waals surface area contributed by atoms with E-state index in [0.29, 0.717) is 23.8 Å². The highest BCUT2D eigenvalue weighted by Crippen LogP contribution is 2.36. The molecule has 0 bridgehead atoms. The van der Waals surface area contributed by atoms with Crippen molar-refractivity contribution in [1.82, 2.24) is 0 Å². The normalized spacial score (nSPS) is 12.5. The Morgan fingerprint density at radius 2 is 1.64 bits per heavy atom. The number of pyridine rings is 1. The summed E-state index contributed by atoms with van der Waals surface area (Å²) in [4.78, 5) is 0. The largest absolute Gasteiger partial charge is 0.220 e. The van der Waals surface area contributed by atoms with Gasteiger partial charge in [-0.3, -0.25) is 0 Å². The lowest BCUT2D eigenvalue weighted by molar-refractivity contribution is -0.665. The summed E-state index contributed by atoms with van der Waals surface area (Å²) in [5.74, 6) is 1.65. The molecule has 3 aromatic rings. The number of nitrogens with zero attached hydrogens (tertiary/aromatic N) is 1. The Bertz CT molecular complexity index is 1040. The molecular formula is C27H36N+. The van der Waals surface area contributed by atoms with Crippen LogP contribution < -0.4 is 4.57 Å². The van der Waals surface area contributed by atoms with Crippen LogP contribution >= 0.6 is 0 Å². The number of fused-ring (bicyclic) bond motifs is 1. The third kappa shape index (κ3) is 3.72. The topological polar surface area (TPSA) is 3.88 Å². The molecule has 0 aliphatic rings. The molecule has 28 heavy (non-hydrogen) atoms. The first-order chi connectivity index (χ1) is 13.7. The number of aromatic nitrogens is 1. The quantitative estimate of drug-likeness (QED) is 0.427. The zero-order chi connectivity index (χ0) is 21.5. The van der Waals surface area contributed by atoms with Crippen molar-refractivity contribution in [3.05, 3.63) is 64.8 Å². The second-order valence-corrected chi connectivity index (χ2v) is 8.94. The van der Waals surface area contributed by atoms with Crippen LogP contribution in [0.5, 0.6) is 0 Å². The van der Waals surface area contributed by atoms with Crippen LogP contribution in [-0.4, -0.2) is 0 Å². The fourth-order valence-corrected chi connectivity index (χ4v) is 4.72. The molecule has 3 rings (SSSR count). The molecule has 0 saturated carbocycles. The maximum absolute atomic E-state index is 8.85. The van der Waals surface area contributed by atoms with Crippen LogP contribution in [0.3, 0.4) is 0 Å². The van der Waals surface area contributed by atoms with E-state index in [2.05, 4.69) is 96.5 Å². The van der Waals surface area contributed by atoms with Gasteiger partial charge in [-0.05, 0) is 65.3 Å². The van der Waals surface area contributed by atoms with Crippen LogP contribution in [0.25, 0.3) is 22.0 Å². The smallest absolute Gasteiger partial charge is 0.198 e. The molecule has 1 heteroatoms. The van der Waals surface area contributed by atoms with Gasteiger partial charge in [-0.2, -0.15) is 4.57 Å². The first-order valence-corrected chi connectivity index (χ1v) is 10.7. The maximum Gasteiger partial charge on any atom is 0.220 e. The highest BCUT2D eigenvalue weighted by Gasteiger charge is 2.23. The molecule has 148 valence electrons. The van der Waals surface area contributed by atoms with Gasteiger partial charge in [0.1, 0.15) is 7.05 Å². The molecule has 1 aromatic heterocycles. The molecular weight excluding hydrogens is 338 g/mol. The van der Waals surface area contributed by atoms with Crippen LogP contribution in [0.1, 0.15) is 64.3 Å². The Balaban J connectivity index is 2.36. The Kier molecular flexibility index (Phi) is 5.53. The van der Waals surface area contributed by atoms with Gasteiger partial charge < -0.3 is 0 Å². The van der Waals surface area contributed by atoms with E-state index in [-0.39, 0.29) is 0 Å². The summed E-state index contributed by atoms with van der Waals surface area (Å²) >= 11 is 0. The van der Waals surface area contributed by atoms with Crippen molar-refractivity contribution in [2.45, 2.75) is 60.8 Å². The van der Waals surface area contributed by atoms with E-state index < -0.39 is 0 Å². The lowest BCUT2D eigenvalue weighted by atomic mass is 9.79. The van der Waals surface area contributed by atoms with E-state index in [9.17, 15) is 0 Å². The number of hydrogen-bond donors (Lipinski definition) is 0. The van der Waals surface area contributed by atoms with E-state index in [1.54, 1.807) is 0 Å². The van der Waals surface area contributed by atoms with Gasteiger partial charge in [0, 0.05) is 18.5 Å². The molecule has 0 unspecified atom stereocenters. The summed E-state index contributed by atoms with van der Waals surface area (Å²) in [5.41, 5.74) is 7.49. The van der Waals surface area contributed by atoms with Crippen molar-refractivity contribution in [3.63, 3.8) is 0 Å². The van der Waals surface area contributed by atoms with E-state index >= 15 is 0 Å².